The van der Waals surface area contributed by atoms with Crippen molar-refractivity contribution in [2.75, 3.05) is 35.7 Å². The summed E-state index contributed by atoms with van der Waals surface area (Å²) in [5.74, 6) is -2.27. The lowest BCUT2D eigenvalue weighted by Crippen LogP contribution is -2.27. The van der Waals surface area contributed by atoms with Gasteiger partial charge in [0.25, 0.3) is 15.6 Å². The van der Waals surface area contributed by atoms with Gasteiger partial charge in [-0.3, -0.25) is 14.1 Å². The number of aromatic nitrogens is 3. The van der Waals surface area contributed by atoms with E-state index < -0.39 is 41.9 Å². The van der Waals surface area contributed by atoms with E-state index in [1.165, 1.54) is 23.9 Å². The quantitative estimate of drug-likeness (QED) is 0.215. The van der Waals surface area contributed by atoms with Gasteiger partial charge in [-0.2, -0.15) is 0 Å². The van der Waals surface area contributed by atoms with Crippen LogP contribution >= 0.6 is 0 Å². The number of rotatable bonds is 11. The minimum Gasteiger partial charge on any atom is -0.480 e. The first-order valence-corrected chi connectivity index (χ1v) is 16.9. The summed E-state index contributed by atoms with van der Waals surface area (Å²) in [4.78, 5) is 21.8. The standard InChI is InChI=1S/C30H27F2N5O6S2/c1-43-28-26(36-45(41,42)27-11-9-22(31)16-24(27)32)15-21(17-34-28)20-8-10-25-23(14-20)29(38)37(18-19-6-4-3-5-7-19)30(35-25)33-12-13-44(2,39)40/h3-11,14-17,36H,12-13,18H2,1-2H3,(H,33,35). The highest BCUT2D eigenvalue weighted by molar-refractivity contribution is 7.92. The first-order valence-electron chi connectivity index (χ1n) is 13.4. The van der Waals surface area contributed by atoms with E-state index in [4.69, 9.17) is 4.74 Å². The van der Waals surface area contributed by atoms with E-state index >= 15 is 0 Å². The molecule has 2 N–H and O–H groups in total. The van der Waals surface area contributed by atoms with Gasteiger partial charge in [0.15, 0.2) is 0 Å². The Balaban J connectivity index is 1.56. The number of hydrogen-bond donors (Lipinski definition) is 2. The van der Waals surface area contributed by atoms with Gasteiger partial charge in [0.05, 0.1) is 30.3 Å². The molecule has 0 spiro atoms. The predicted octanol–water partition coefficient (Wildman–Crippen LogP) is 4.05. The maximum Gasteiger partial charge on any atom is 0.264 e. The second kappa shape index (κ2) is 12.6. The van der Waals surface area contributed by atoms with Gasteiger partial charge >= 0.3 is 0 Å². The molecule has 0 bridgehead atoms. The first-order chi connectivity index (χ1) is 21.3. The van der Waals surface area contributed by atoms with Crippen molar-refractivity contribution in [3.8, 4) is 17.0 Å². The number of anilines is 2. The Labute approximate surface area is 257 Å². The van der Waals surface area contributed by atoms with Crippen LogP contribution in [0.3, 0.4) is 0 Å². The van der Waals surface area contributed by atoms with Crippen molar-refractivity contribution in [2.24, 2.45) is 0 Å². The molecule has 11 nitrogen and oxygen atoms in total. The number of sulfone groups is 1. The second-order valence-electron chi connectivity index (χ2n) is 10.1. The molecule has 0 aliphatic carbocycles. The molecule has 0 saturated carbocycles. The van der Waals surface area contributed by atoms with Crippen molar-refractivity contribution >= 4 is 42.4 Å². The monoisotopic (exact) mass is 655 g/mol. The van der Waals surface area contributed by atoms with Crippen molar-refractivity contribution in [1.29, 1.82) is 0 Å². The van der Waals surface area contributed by atoms with Crippen molar-refractivity contribution in [2.45, 2.75) is 11.4 Å². The lowest BCUT2D eigenvalue weighted by Gasteiger charge is -2.16. The fourth-order valence-electron chi connectivity index (χ4n) is 4.54. The summed E-state index contributed by atoms with van der Waals surface area (Å²) in [5, 5.41) is 3.21. The molecule has 3 aromatic carbocycles. The Bertz CT molecular complexity index is 2180. The maximum absolute atomic E-state index is 14.3. The van der Waals surface area contributed by atoms with Crippen LogP contribution in [0.1, 0.15) is 5.56 Å². The number of hydrogen-bond acceptors (Lipinski definition) is 9. The van der Waals surface area contributed by atoms with Crippen molar-refractivity contribution in [3.63, 3.8) is 0 Å². The van der Waals surface area contributed by atoms with Gasteiger partial charge in [-0.15, -0.1) is 0 Å². The normalized spacial score (nSPS) is 11.8. The summed E-state index contributed by atoms with van der Waals surface area (Å²) in [6.45, 7) is 0.200. The largest absolute Gasteiger partial charge is 0.480 e. The Morgan fingerprint density at radius 3 is 2.38 bits per heavy atom. The van der Waals surface area contributed by atoms with Gasteiger partial charge in [-0.1, -0.05) is 36.4 Å². The highest BCUT2D eigenvalue weighted by Gasteiger charge is 2.22. The van der Waals surface area contributed by atoms with Crippen molar-refractivity contribution in [3.05, 3.63) is 107 Å². The lowest BCUT2D eigenvalue weighted by atomic mass is 10.0. The molecule has 5 aromatic rings. The van der Waals surface area contributed by atoms with Gasteiger partial charge in [0.2, 0.25) is 11.8 Å². The number of nitrogens with one attached hydrogen (secondary N) is 2. The molecule has 0 aliphatic rings. The number of benzene rings is 3. The maximum atomic E-state index is 14.3. The summed E-state index contributed by atoms with van der Waals surface area (Å²) in [6.07, 6.45) is 2.53. The van der Waals surface area contributed by atoms with E-state index in [1.807, 2.05) is 30.3 Å². The predicted molar refractivity (Wildman–Crippen MR) is 167 cm³/mol. The van der Waals surface area contributed by atoms with Crippen LogP contribution in [0.2, 0.25) is 0 Å². The minimum absolute atomic E-state index is 0.0433. The van der Waals surface area contributed by atoms with Gasteiger partial charge < -0.3 is 10.1 Å². The summed E-state index contributed by atoms with van der Waals surface area (Å²) in [5.41, 5.74) is 1.50. The van der Waals surface area contributed by atoms with E-state index in [0.717, 1.165) is 24.0 Å². The molecule has 45 heavy (non-hydrogen) atoms. The third-order valence-corrected chi connectivity index (χ3v) is 9.04. The van der Waals surface area contributed by atoms with Crippen LogP contribution in [-0.4, -0.2) is 57.0 Å². The van der Waals surface area contributed by atoms with Gasteiger partial charge in [-0.25, -0.2) is 35.6 Å². The first kappa shape index (κ1) is 31.5. The molecule has 0 saturated heterocycles. The van der Waals surface area contributed by atoms with Crippen LogP contribution in [0.15, 0.2) is 88.7 Å². The SMILES string of the molecule is COc1ncc(-c2ccc3nc(NCCS(C)(=O)=O)n(Cc4ccccc4)c(=O)c3c2)cc1NS(=O)(=O)c1ccc(F)cc1F. The van der Waals surface area contributed by atoms with Crippen LogP contribution in [0.25, 0.3) is 22.0 Å². The Morgan fingerprint density at radius 1 is 0.933 bits per heavy atom. The van der Waals surface area contributed by atoms with Gasteiger partial charge in [0, 0.05) is 30.6 Å². The molecular formula is C30H27F2N5O6S2. The van der Waals surface area contributed by atoms with E-state index in [2.05, 4.69) is 20.0 Å². The zero-order valence-corrected chi connectivity index (χ0v) is 25.6. The Kier molecular flexibility index (Phi) is 8.84. The molecule has 2 heterocycles. The highest BCUT2D eigenvalue weighted by atomic mass is 32.2. The van der Waals surface area contributed by atoms with E-state index in [0.29, 0.717) is 22.7 Å². The number of fused-ring (bicyclic) bond motifs is 1. The average Bonchev–Trinajstić information content (AvgIpc) is 2.98. The van der Waals surface area contributed by atoms with Gasteiger partial charge in [0.1, 0.15) is 32.1 Å². The summed E-state index contributed by atoms with van der Waals surface area (Å²) >= 11 is 0. The van der Waals surface area contributed by atoms with Crippen LogP contribution in [0, 0.1) is 11.6 Å². The smallest absolute Gasteiger partial charge is 0.264 e. The molecule has 0 atom stereocenters. The van der Waals surface area contributed by atoms with E-state index in [9.17, 15) is 30.4 Å². The molecule has 234 valence electrons. The molecule has 0 fully saturated rings. The Hall–Kier alpha value is -4.89. The fraction of sp³-hybridized carbons (Fsp3) is 0.167. The summed E-state index contributed by atoms with van der Waals surface area (Å²) in [7, 11) is -6.50. The topological polar surface area (TPSA) is 149 Å². The van der Waals surface area contributed by atoms with Crippen LogP contribution in [-0.2, 0) is 26.4 Å². The number of sulfonamides is 1. The lowest BCUT2D eigenvalue weighted by molar-refractivity contribution is 0.400. The third-order valence-electron chi connectivity index (χ3n) is 6.70. The van der Waals surface area contributed by atoms with Crippen molar-refractivity contribution in [1.82, 2.24) is 14.5 Å². The highest BCUT2D eigenvalue weighted by Crippen LogP contribution is 2.31. The Morgan fingerprint density at radius 2 is 1.69 bits per heavy atom. The number of pyridine rings is 1. The number of ether oxygens (including phenoxy) is 1. The minimum atomic E-state index is -4.51. The van der Waals surface area contributed by atoms with Crippen LogP contribution in [0.4, 0.5) is 20.4 Å². The zero-order chi connectivity index (χ0) is 32.4. The molecule has 15 heteroatoms. The molecular weight excluding hydrogens is 628 g/mol. The molecule has 5 rings (SSSR count). The van der Waals surface area contributed by atoms with E-state index in [1.54, 1.807) is 18.2 Å². The average molecular weight is 656 g/mol. The second-order valence-corrected chi connectivity index (χ2v) is 14.0. The third kappa shape index (κ3) is 7.26. The fourth-order valence-corrected chi connectivity index (χ4v) is 6.12. The van der Waals surface area contributed by atoms with E-state index in [-0.39, 0.29) is 41.7 Å². The number of halogens is 2. The molecule has 0 aliphatic heterocycles. The summed E-state index contributed by atoms with van der Waals surface area (Å²) in [6, 6.07) is 17.5. The van der Waals surface area contributed by atoms with Crippen LogP contribution in [0.5, 0.6) is 5.88 Å². The molecule has 0 amide bonds. The molecule has 2 aromatic heterocycles. The number of nitrogens with zero attached hydrogens (tertiary/aromatic N) is 3. The summed E-state index contributed by atoms with van der Waals surface area (Å²) < 4.78 is 85.8. The van der Waals surface area contributed by atoms with Gasteiger partial charge in [-0.05, 0) is 41.5 Å². The van der Waals surface area contributed by atoms with Crippen LogP contribution < -0.4 is 20.3 Å². The number of methoxy groups -OCH3 is 1. The van der Waals surface area contributed by atoms with Crippen molar-refractivity contribution < 1.29 is 30.4 Å². The molecule has 0 radical (unpaired) electrons. The molecule has 0 unspecified atom stereocenters. The zero-order valence-electron chi connectivity index (χ0n) is 24.0.